The summed E-state index contributed by atoms with van der Waals surface area (Å²) >= 11 is 0. The second kappa shape index (κ2) is 13.4. The second-order valence-electron chi connectivity index (χ2n) is 13.6. The number of fused-ring (bicyclic) bond motifs is 2. The summed E-state index contributed by atoms with van der Waals surface area (Å²) in [4.78, 5) is 57.9. The molecular formula is C36H44F2N6O5. The molecule has 2 amide bonds. The first kappa shape index (κ1) is 35.1. The van der Waals surface area contributed by atoms with Crippen molar-refractivity contribution in [2.24, 2.45) is 0 Å². The zero-order chi connectivity index (χ0) is 35.7. The van der Waals surface area contributed by atoms with Gasteiger partial charge < -0.3 is 20.0 Å². The molecule has 1 saturated heterocycles. The number of anilines is 1. The predicted octanol–water partition coefficient (Wildman–Crippen LogP) is 5.33. The molecule has 4 aromatic rings. The van der Waals surface area contributed by atoms with Gasteiger partial charge in [0.25, 0.3) is 11.8 Å². The standard InChI is InChI=1S/C36H38F2N6O5.3H2/c1-21(18-39)42-34(2,3)16-23-14-22-10-11-24(15-29(22)49-33(23)48)43-35(4,5)31(46)28-17-36(37,38)20-44(28)30(45)19-41-32(47)26-12-13-40-27-9-7-6-8-25(26)27;;;/h6-15,21,28,42-43H,16-17,19-20H2,1-5H3,(H,41,47);3*1H. The van der Waals surface area contributed by atoms with Crippen LogP contribution in [0.1, 0.15) is 61.2 Å². The number of nitrogens with zero attached hydrogens (tertiary/aromatic N) is 3. The lowest BCUT2D eigenvalue weighted by Crippen LogP contribution is -2.53. The highest BCUT2D eigenvalue weighted by molar-refractivity contribution is 6.07. The summed E-state index contributed by atoms with van der Waals surface area (Å²) in [6, 6.07) is 15.3. The summed E-state index contributed by atoms with van der Waals surface area (Å²) in [6.07, 6.45) is 0.910. The second-order valence-corrected chi connectivity index (χ2v) is 13.6. The Bertz CT molecular complexity index is 2050. The lowest BCUT2D eigenvalue weighted by molar-refractivity contribution is -0.138. The molecule has 2 unspecified atom stereocenters. The van der Waals surface area contributed by atoms with Crippen molar-refractivity contribution >= 4 is 45.2 Å². The van der Waals surface area contributed by atoms with E-state index in [-0.39, 0.29) is 15.4 Å². The maximum atomic E-state index is 14.7. The Morgan fingerprint density at radius 2 is 1.88 bits per heavy atom. The first-order valence-electron chi connectivity index (χ1n) is 15.8. The average Bonchev–Trinajstić information content (AvgIpc) is 3.37. The van der Waals surface area contributed by atoms with E-state index in [1.165, 1.54) is 26.1 Å². The molecule has 262 valence electrons. The van der Waals surface area contributed by atoms with Gasteiger partial charge in [-0.25, -0.2) is 13.6 Å². The van der Waals surface area contributed by atoms with E-state index in [1.54, 1.807) is 55.5 Å². The number of ketones is 1. The highest BCUT2D eigenvalue weighted by Crippen LogP contribution is 2.35. The fraction of sp³-hybridized carbons (Fsp3) is 0.389. The Balaban J connectivity index is 0.00000312. The molecule has 2 aromatic heterocycles. The Hall–Kier alpha value is -5.22. The third kappa shape index (κ3) is 7.92. The zero-order valence-corrected chi connectivity index (χ0v) is 27.9. The smallest absolute Gasteiger partial charge is 0.339 e. The number of pyridine rings is 1. The maximum absolute atomic E-state index is 14.7. The predicted molar refractivity (Wildman–Crippen MR) is 187 cm³/mol. The number of rotatable bonds is 11. The van der Waals surface area contributed by atoms with Crippen molar-refractivity contribution in [3.63, 3.8) is 0 Å². The van der Waals surface area contributed by atoms with Crippen molar-refractivity contribution in [1.29, 1.82) is 5.26 Å². The van der Waals surface area contributed by atoms with Gasteiger partial charge in [-0.1, -0.05) is 18.2 Å². The summed E-state index contributed by atoms with van der Waals surface area (Å²) in [5.41, 5.74) is -0.615. The molecule has 1 aliphatic rings. The van der Waals surface area contributed by atoms with E-state index in [0.29, 0.717) is 34.0 Å². The fourth-order valence-electron chi connectivity index (χ4n) is 6.30. The van der Waals surface area contributed by atoms with Crippen LogP contribution in [0, 0.1) is 11.3 Å². The molecule has 11 nitrogen and oxygen atoms in total. The number of halogens is 2. The van der Waals surface area contributed by atoms with E-state index in [0.717, 1.165) is 4.90 Å². The maximum Gasteiger partial charge on any atom is 0.339 e. The van der Waals surface area contributed by atoms with Crippen LogP contribution in [0.3, 0.4) is 0 Å². The SMILES string of the molecule is CC(C#N)NC(C)(C)Cc1cc2ccc(NC(C)(C)C(=O)C3CC(F)(F)CN3C(=O)CNC(=O)c3ccnc4ccccc34)cc2oc1=O.[HH].[HH].[HH]. The molecule has 0 bridgehead atoms. The average molecular weight is 679 g/mol. The monoisotopic (exact) mass is 678 g/mol. The third-order valence-electron chi connectivity index (χ3n) is 8.50. The normalized spacial score (nSPS) is 16.7. The van der Waals surface area contributed by atoms with Crippen LogP contribution in [0.2, 0.25) is 0 Å². The van der Waals surface area contributed by atoms with Crippen molar-refractivity contribution in [2.75, 3.05) is 18.4 Å². The number of carbonyl (C=O) groups excluding carboxylic acids is 3. The number of nitriles is 1. The Kier molecular flexibility index (Phi) is 9.56. The minimum atomic E-state index is -3.31. The summed E-state index contributed by atoms with van der Waals surface area (Å²) in [5.74, 6) is -5.35. The first-order valence-corrected chi connectivity index (χ1v) is 15.8. The van der Waals surface area contributed by atoms with Gasteiger partial charge in [0.1, 0.15) is 5.58 Å². The highest BCUT2D eigenvalue weighted by Gasteiger charge is 2.52. The largest absolute Gasteiger partial charge is 0.422 e. The number of nitrogens with one attached hydrogen (secondary N) is 3. The molecule has 1 fully saturated rings. The molecule has 5 rings (SSSR count). The van der Waals surface area contributed by atoms with Gasteiger partial charge in [-0.3, -0.25) is 24.7 Å². The van der Waals surface area contributed by atoms with Gasteiger partial charge in [0.2, 0.25) is 5.91 Å². The number of likely N-dealkylation sites (tertiary alicyclic amines) is 1. The van der Waals surface area contributed by atoms with Crippen molar-refractivity contribution in [1.82, 2.24) is 20.5 Å². The molecule has 3 N–H and O–H groups in total. The number of benzene rings is 2. The topological polar surface area (TPSA) is 157 Å². The van der Waals surface area contributed by atoms with Gasteiger partial charge in [0, 0.05) is 50.5 Å². The van der Waals surface area contributed by atoms with Crippen LogP contribution in [0.25, 0.3) is 21.9 Å². The minimum Gasteiger partial charge on any atom is -0.422 e. The summed E-state index contributed by atoms with van der Waals surface area (Å²) in [5, 5.41) is 19.1. The number of carbonyl (C=O) groups is 3. The number of amides is 2. The summed E-state index contributed by atoms with van der Waals surface area (Å²) in [7, 11) is 0. The molecule has 2 atom stereocenters. The first-order chi connectivity index (χ1) is 23.0. The van der Waals surface area contributed by atoms with E-state index in [4.69, 9.17) is 9.68 Å². The van der Waals surface area contributed by atoms with Gasteiger partial charge >= 0.3 is 5.63 Å². The van der Waals surface area contributed by atoms with Crippen LogP contribution in [-0.4, -0.2) is 69.7 Å². The summed E-state index contributed by atoms with van der Waals surface area (Å²) in [6.45, 7) is 6.98. The number of alkyl halides is 2. The lowest BCUT2D eigenvalue weighted by atomic mass is 9.91. The van der Waals surface area contributed by atoms with E-state index in [9.17, 15) is 28.0 Å². The van der Waals surface area contributed by atoms with Crippen molar-refractivity contribution in [3.8, 4) is 6.07 Å². The minimum absolute atomic E-state index is 0. The number of para-hydroxylation sites is 1. The zero-order valence-electron chi connectivity index (χ0n) is 27.9. The number of aromatic nitrogens is 1. The molecule has 0 aliphatic carbocycles. The number of Topliss-reactive ketones (excluding diaryl/α,β-unsaturated/α-hetero) is 1. The van der Waals surface area contributed by atoms with Crippen LogP contribution in [0.5, 0.6) is 0 Å². The van der Waals surface area contributed by atoms with Gasteiger partial charge in [0.15, 0.2) is 5.78 Å². The Labute approximate surface area is 286 Å². The molecule has 3 heterocycles. The number of hydrogen-bond donors (Lipinski definition) is 3. The van der Waals surface area contributed by atoms with Gasteiger partial charge in [-0.15, -0.1) is 0 Å². The fourth-order valence-corrected chi connectivity index (χ4v) is 6.30. The van der Waals surface area contributed by atoms with E-state index < -0.39 is 71.8 Å². The molecular weight excluding hydrogens is 634 g/mol. The molecule has 0 spiro atoms. The van der Waals surface area contributed by atoms with E-state index in [2.05, 4.69) is 27.0 Å². The third-order valence-corrected chi connectivity index (χ3v) is 8.50. The highest BCUT2D eigenvalue weighted by atomic mass is 19.3. The van der Waals surface area contributed by atoms with Crippen molar-refractivity contribution in [3.05, 3.63) is 82.3 Å². The van der Waals surface area contributed by atoms with Gasteiger partial charge in [-0.05, 0) is 71.4 Å². The molecule has 1 aliphatic heterocycles. The van der Waals surface area contributed by atoms with Crippen molar-refractivity contribution < 1.29 is 31.9 Å². The Morgan fingerprint density at radius 1 is 1.14 bits per heavy atom. The van der Waals surface area contributed by atoms with Crippen LogP contribution >= 0.6 is 0 Å². The molecule has 0 radical (unpaired) electrons. The lowest BCUT2D eigenvalue weighted by Gasteiger charge is -2.32. The van der Waals surface area contributed by atoms with Crippen LogP contribution in [0.15, 0.2) is 70.0 Å². The van der Waals surface area contributed by atoms with Crippen LogP contribution in [-0.2, 0) is 16.0 Å². The quantitative estimate of drug-likeness (QED) is 0.179. The van der Waals surface area contributed by atoms with Crippen LogP contribution in [0.4, 0.5) is 14.5 Å². The van der Waals surface area contributed by atoms with E-state index >= 15 is 0 Å². The number of hydrogen-bond acceptors (Lipinski definition) is 9. The van der Waals surface area contributed by atoms with Crippen molar-refractivity contribution in [2.45, 2.75) is 76.5 Å². The summed E-state index contributed by atoms with van der Waals surface area (Å²) < 4.78 is 35.1. The van der Waals surface area contributed by atoms with E-state index in [1.807, 2.05) is 13.8 Å². The Morgan fingerprint density at radius 3 is 2.61 bits per heavy atom. The van der Waals surface area contributed by atoms with Gasteiger partial charge in [-0.2, -0.15) is 5.26 Å². The van der Waals surface area contributed by atoms with Gasteiger partial charge in [0.05, 0.1) is 47.9 Å². The van der Waals surface area contributed by atoms with Crippen LogP contribution < -0.4 is 21.6 Å². The molecule has 13 heteroatoms. The molecule has 49 heavy (non-hydrogen) atoms. The molecule has 2 aromatic carbocycles. The molecule has 0 saturated carbocycles.